The Hall–Kier alpha value is -0.700. The Kier molecular flexibility index (Phi) is 1.87. The largest absolute Gasteiger partial charge is 0.403 e. The van der Waals surface area contributed by atoms with E-state index in [0.717, 1.165) is 0 Å². The van der Waals surface area contributed by atoms with Crippen molar-refractivity contribution in [1.82, 2.24) is 0 Å². The lowest BCUT2D eigenvalue weighted by atomic mass is 10.1. The maximum Gasteiger partial charge on any atom is 0.0996 e. The first-order chi connectivity index (χ1) is 3.48. The van der Waals surface area contributed by atoms with E-state index in [2.05, 4.69) is 0 Å². The van der Waals surface area contributed by atoms with Gasteiger partial charge in [-0.15, -0.1) is 0 Å². The Morgan fingerprint density at radius 3 is 2.00 bits per heavy atom. The normalized spacial score (nSPS) is 14.1. The fraction of sp³-hybridized carbons (Fsp3) is 0.600. The van der Waals surface area contributed by atoms with Crippen LogP contribution in [0.25, 0.3) is 0 Å². The zero-order chi connectivity index (χ0) is 6.78. The van der Waals surface area contributed by atoms with Gasteiger partial charge >= 0.3 is 0 Å². The van der Waals surface area contributed by atoms with Crippen molar-refractivity contribution in [2.45, 2.75) is 19.4 Å². The molecule has 0 rings (SSSR count). The highest BCUT2D eigenvalue weighted by atomic mass is 16.3. The molecule has 0 unspecified atom stereocenters. The van der Waals surface area contributed by atoms with Crippen LogP contribution in [0.5, 0.6) is 0 Å². The number of rotatable bonds is 1. The zero-order valence-corrected chi connectivity index (χ0v) is 5.18. The van der Waals surface area contributed by atoms with Crippen molar-refractivity contribution in [2.24, 2.45) is 11.5 Å². The lowest BCUT2D eigenvalue weighted by molar-refractivity contribution is 0.118. The quantitative estimate of drug-likeness (QED) is 0.433. The minimum Gasteiger partial charge on any atom is -0.403 e. The highest BCUT2D eigenvalue weighted by Gasteiger charge is 2.14. The molecule has 3 nitrogen and oxygen atoms in total. The van der Waals surface area contributed by atoms with Gasteiger partial charge in [0.15, 0.2) is 0 Å². The first kappa shape index (κ1) is 7.30. The topological polar surface area (TPSA) is 72.3 Å². The molecule has 0 saturated carbocycles. The fourth-order valence-corrected chi connectivity index (χ4v) is 0.204. The predicted octanol–water partition coefficient (Wildman–Crippen LogP) is -0.484. The van der Waals surface area contributed by atoms with Gasteiger partial charge in [-0.1, -0.05) is 0 Å². The molecule has 0 saturated heterocycles. The summed E-state index contributed by atoms with van der Waals surface area (Å²) >= 11 is 0. The van der Waals surface area contributed by atoms with Crippen LogP contribution >= 0.6 is 0 Å². The summed E-state index contributed by atoms with van der Waals surface area (Å²) in [5.74, 6) is 0. The Morgan fingerprint density at radius 1 is 1.62 bits per heavy atom. The molecule has 0 aromatic rings. The first-order valence-electron chi connectivity index (χ1n) is 2.38. The SMILES string of the molecule is CC(C)(O)/C(N)=C/N. The van der Waals surface area contributed by atoms with E-state index in [9.17, 15) is 0 Å². The van der Waals surface area contributed by atoms with Gasteiger partial charge in [0.05, 0.1) is 11.3 Å². The molecule has 0 heterocycles. The van der Waals surface area contributed by atoms with Crippen LogP contribution < -0.4 is 11.5 Å². The number of nitrogens with two attached hydrogens (primary N) is 2. The highest BCUT2D eigenvalue weighted by molar-refractivity contribution is 5.06. The van der Waals surface area contributed by atoms with Crippen molar-refractivity contribution in [3.8, 4) is 0 Å². The summed E-state index contributed by atoms with van der Waals surface area (Å²) < 4.78 is 0. The van der Waals surface area contributed by atoms with Crippen LogP contribution in [-0.2, 0) is 0 Å². The lowest BCUT2D eigenvalue weighted by Gasteiger charge is -2.16. The van der Waals surface area contributed by atoms with Crippen molar-refractivity contribution in [2.75, 3.05) is 0 Å². The molecular formula is C5H12N2O. The number of aliphatic hydroxyl groups is 1. The molecule has 0 bridgehead atoms. The van der Waals surface area contributed by atoms with Crippen LogP contribution in [0.15, 0.2) is 11.9 Å². The standard InChI is InChI=1S/C5H12N2O/c1-5(2,8)4(7)3-6/h3,8H,6-7H2,1-2H3/b4-3-. The molecular weight excluding hydrogens is 104 g/mol. The molecule has 0 aromatic carbocycles. The highest BCUT2D eigenvalue weighted by Crippen LogP contribution is 2.06. The van der Waals surface area contributed by atoms with E-state index in [1.807, 2.05) is 0 Å². The summed E-state index contributed by atoms with van der Waals surface area (Å²) in [6.45, 7) is 3.15. The third-order valence-corrected chi connectivity index (χ3v) is 0.886. The van der Waals surface area contributed by atoms with Crippen molar-refractivity contribution < 1.29 is 5.11 Å². The van der Waals surface area contributed by atoms with Crippen LogP contribution in [0.4, 0.5) is 0 Å². The fourth-order valence-electron chi connectivity index (χ4n) is 0.204. The van der Waals surface area contributed by atoms with Crippen molar-refractivity contribution in [1.29, 1.82) is 0 Å². The third-order valence-electron chi connectivity index (χ3n) is 0.886. The van der Waals surface area contributed by atoms with E-state index >= 15 is 0 Å². The molecule has 0 aliphatic heterocycles. The maximum atomic E-state index is 9.01. The van der Waals surface area contributed by atoms with E-state index in [0.29, 0.717) is 0 Å². The van der Waals surface area contributed by atoms with Crippen LogP contribution in [0.2, 0.25) is 0 Å². The van der Waals surface area contributed by atoms with Gasteiger partial charge < -0.3 is 16.6 Å². The van der Waals surface area contributed by atoms with Gasteiger partial charge in [0, 0.05) is 6.20 Å². The van der Waals surface area contributed by atoms with Gasteiger partial charge in [0.1, 0.15) is 0 Å². The van der Waals surface area contributed by atoms with Crippen LogP contribution in [-0.4, -0.2) is 10.7 Å². The van der Waals surface area contributed by atoms with Gasteiger partial charge in [-0.05, 0) is 13.8 Å². The summed E-state index contributed by atoms with van der Waals surface area (Å²) in [6, 6.07) is 0. The Bertz CT molecular complexity index is 101. The molecule has 0 atom stereocenters. The van der Waals surface area contributed by atoms with Crippen LogP contribution in [0.1, 0.15) is 13.8 Å². The molecule has 0 amide bonds. The molecule has 3 heteroatoms. The van der Waals surface area contributed by atoms with Gasteiger partial charge in [-0.3, -0.25) is 0 Å². The van der Waals surface area contributed by atoms with Gasteiger partial charge in [-0.2, -0.15) is 0 Å². The first-order valence-corrected chi connectivity index (χ1v) is 2.38. The Labute approximate surface area is 49.0 Å². The average molecular weight is 116 g/mol. The molecule has 0 aromatic heterocycles. The second kappa shape index (κ2) is 2.05. The molecule has 0 spiro atoms. The smallest absolute Gasteiger partial charge is 0.0996 e. The Morgan fingerprint density at radius 2 is 2.00 bits per heavy atom. The van der Waals surface area contributed by atoms with E-state index in [4.69, 9.17) is 16.6 Å². The second-order valence-corrected chi connectivity index (χ2v) is 2.18. The minimum absolute atomic E-state index is 0.289. The summed E-state index contributed by atoms with van der Waals surface area (Å²) in [5.41, 5.74) is 9.56. The van der Waals surface area contributed by atoms with Gasteiger partial charge in [-0.25, -0.2) is 0 Å². The summed E-state index contributed by atoms with van der Waals surface area (Å²) in [5, 5.41) is 9.01. The average Bonchev–Trinajstić information content (AvgIpc) is 1.62. The van der Waals surface area contributed by atoms with Gasteiger partial charge in [0.25, 0.3) is 0 Å². The predicted molar refractivity (Wildman–Crippen MR) is 32.8 cm³/mol. The van der Waals surface area contributed by atoms with Crippen molar-refractivity contribution >= 4 is 0 Å². The summed E-state index contributed by atoms with van der Waals surface area (Å²) in [7, 11) is 0. The zero-order valence-electron chi connectivity index (χ0n) is 5.18. The minimum atomic E-state index is -0.977. The van der Waals surface area contributed by atoms with Gasteiger partial charge in [0.2, 0.25) is 0 Å². The summed E-state index contributed by atoms with van der Waals surface area (Å²) in [6.07, 6.45) is 1.19. The van der Waals surface area contributed by atoms with E-state index in [-0.39, 0.29) is 5.70 Å². The van der Waals surface area contributed by atoms with Crippen molar-refractivity contribution in [3.63, 3.8) is 0 Å². The molecule has 0 aliphatic rings. The van der Waals surface area contributed by atoms with Crippen LogP contribution in [0, 0.1) is 0 Å². The van der Waals surface area contributed by atoms with E-state index in [1.165, 1.54) is 6.20 Å². The molecule has 5 N–H and O–H groups in total. The summed E-state index contributed by atoms with van der Waals surface area (Å²) in [4.78, 5) is 0. The van der Waals surface area contributed by atoms with Crippen molar-refractivity contribution in [3.05, 3.63) is 11.9 Å². The van der Waals surface area contributed by atoms with E-state index < -0.39 is 5.60 Å². The monoisotopic (exact) mass is 116 g/mol. The third kappa shape index (κ3) is 1.84. The second-order valence-electron chi connectivity index (χ2n) is 2.18. The number of hydrogen-bond donors (Lipinski definition) is 3. The van der Waals surface area contributed by atoms with Crippen LogP contribution in [0.3, 0.4) is 0 Å². The molecule has 8 heavy (non-hydrogen) atoms. The molecule has 0 aliphatic carbocycles. The maximum absolute atomic E-state index is 9.01. The Balaban J connectivity index is 4.03. The molecule has 48 valence electrons. The number of hydrogen-bond acceptors (Lipinski definition) is 3. The molecule has 0 radical (unpaired) electrons. The van der Waals surface area contributed by atoms with E-state index in [1.54, 1.807) is 13.8 Å². The lowest BCUT2D eigenvalue weighted by Crippen LogP contribution is -2.28. The molecule has 0 fully saturated rings.